The Hall–Kier alpha value is -2.90. The number of hydrogen-bond acceptors (Lipinski definition) is 6. The van der Waals surface area contributed by atoms with Crippen molar-refractivity contribution in [3.8, 4) is 22.8 Å². The second kappa shape index (κ2) is 9.34. The molecule has 2 N–H and O–H groups in total. The first-order valence-electron chi connectivity index (χ1n) is 9.20. The fourth-order valence-electron chi connectivity index (χ4n) is 3.02. The van der Waals surface area contributed by atoms with Crippen LogP contribution in [0.1, 0.15) is 24.1 Å². The molecular weight excluding hydrogens is 356 g/mol. The van der Waals surface area contributed by atoms with Crippen molar-refractivity contribution < 1.29 is 14.6 Å². The van der Waals surface area contributed by atoms with Crippen LogP contribution in [0.3, 0.4) is 0 Å². The third-order valence-corrected chi connectivity index (χ3v) is 4.47. The van der Waals surface area contributed by atoms with E-state index in [1.54, 1.807) is 13.3 Å². The van der Waals surface area contributed by atoms with Crippen molar-refractivity contribution in [1.29, 1.82) is 0 Å². The number of rotatable bonds is 9. The first kappa shape index (κ1) is 19.9. The standard InChI is InChI=1S/C21H26N4O3/c1-15(16-6-7-19(28-10-9-26)20(11-16)27-3)23-13-18-14-25(2)24-21(18)17-5-4-8-22-12-17/h4-8,11-12,14-15,23,26H,9-10,13H2,1-3H3/t15-/m0/s1. The highest BCUT2D eigenvalue weighted by atomic mass is 16.5. The Balaban J connectivity index is 1.72. The van der Waals surface area contributed by atoms with E-state index in [0.29, 0.717) is 18.0 Å². The SMILES string of the molecule is COc1cc([C@H](C)NCc2cn(C)nc2-c2cccnc2)ccc1OCCO. The number of aliphatic hydroxyl groups excluding tert-OH is 1. The van der Waals surface area contributed by atoms with Crippen molar-refractivity contribution in [2.45, 2.75) is 19.5 Å². The van der Waals surface area contributed by atoms with Crippen LogP contribution in [0.25, 0.3) is 11.3 Å². The van der Waals surface area contributed by atoms with Gasteiger partial charge in [0, 0.05) is 49.4 Å². The largest absolute Gasteiger partial charge is 0.493 e. The number of nitrogens with one attached hydrogen (secondary N) is 1. The monoisotopic (exact) mass is 382 g/mol. The van der Waals surface area contributed by atoms with Gasteiger partial charge in [0.05, 0.1) is 19.4 Å². The average Bonchev–Trinajstić information content (AvgIpc) is 3.11. The molecule has 0 aliphatic rings. The number of methoxy groups -OCH3 is 1. The predicted octanol–water partition coefficient (Wildman–Crippen LogP) is 2.71. The third-order valence-electron chi connectivity index (χ3n) is 4.47. The molecule has 3 aromatic rings. The van der Waals surface area contributed by atoms with E-state index in [-0.39, 0.29) is 19.3 Å². The highest BCUT2D eigenvalue weighted by Gasteiger charge is 2.14. The Morgan fingerprint density at radius 3 is 2.82 bits per heavy atom. The summed E-state index contributed by atoms with van der Waals surface area (Å²) in [6.45, 7) is 2.97. The summed E-state index contributed by atoms with van der Waals surface area (Å²) in [7, 11) is 3.53. The van der Waals surface area contributed by atoms with Crippen molar-refractivity contribution in [1.82, 2.24) is 20.1 Å². The highest BCUT2D eigenvalue weighted by molar-refractivity contribution is 5.61. The Morgan fingerprint density at radius 2 is 2.11 bits per heavy atom. The Bertz CT molecular complexity index is 896. The molecule has 0 unspecified atom stereocenters. The molecule has 1 atom stereocenters. The van der Waals surface area contributed by atoms with Crippen LogP contribution >= 0.6 is 0 Å². The zero-order valence-corrected chi connectivity index (χ0v) is 16.4. The summed E-state index contributed by atoms with van der Waals surface area (Å²) >= 11 is 0. The summed E-state index contributed by atoms with van der Waals surface area (Å²) in [6, 6.07) is 9.85. The first-order valence-corrected chi connectivity index (χ1v) is 9.20. The number of hydrogen-bond donors (Lipinski definition) is 2. The summed E-state index contributed by atoms with van der Waals surface area (Å²) < 4.78 is 12.7. The molecule has 3 rings (SSSR count). The first-order chi connectivity index (χ1) is 13.6. The lowest BCUT2D eigenvalue weighted by Gasteiger charge is -2.17. The van der Waals surface area contributed by atoms with Crippen LogP contribution in [-0.4, -0.2) is 40.2 Å². The number of aromatic nitrogens is 3. The molecule has 0 radical (unpaired) electrons. The molecule has 0 saturated heterocycles. The van der Waals surface area contributed by atoms with Crippen molar-refractivity contribution >= 4 is 0 Å². The lowest BCUT2D eigenvalue weighted by atomic mass is 10.1. The van der Waals surface area contributed by atoms with Crippen LogP contribution in [-0.2, 0) is 13.6 Å². The second-order valence-electron chi connectivity index (χ2n) is 6.50. The highest BCUT2D eigenvalue weighted by Crippen LogP contribution is 2.30. The van der Waals surface area contributed by atoms with E-state index in [0.717, 1.165) is 22.4 Å². The van der Waals surface area contributed by atoms with E-state index in [1.165, 1.54) is 0 Å². The fourth-order valence-corrected chi connectivity index (χ4v) is 3.02. The molecule has 1 aromatic carbocycles. The van der Waals surface area contributed by atoms with Gasteiger partial charge in [0.15, 0.2) is 11.5 Å². The molecule has 7 nitrogen and oxygen atoms in total. The van der Waals surface area contributed by atoms with Gasteiger partial charge in [0.25, 0.3) is 0 Å². The molecule has 0 aliphatic carbocycles. The number of aryl methyl sites for hydroxylation is 1. The van der Waals surface area contributed by atoms with Crippen LogP contribution in [0, 0.1) is 0 Å². The van der Waals surface area contributed by atoms with Crippen LogP contribution in [0.2, 0.25) is 0 Å². The Kier molecular flexibility index (Phi) is 6.62. The van der Waals surface area contributed by atoms with E-state index < -0.39 is 0 Å². The van der Waals surface area contributed by atoms with Gasteiger partial charge >= 0.3 is 0 Å². The zero-order chi connectivity index (χ0) is 19.9. The number of nitrogens with zero attached hydrogens (tertiary/aromatic N) is 3. The number of benzene rings is 1. The van der Waals surface area contributed by atoms with Gasteiger partial charge in [-0.1, -0.05) is 6.07 Å². The lowest BCUT2D eigenvalue weighted by Crippen LogP contribution is -2.18. The van der Waals surface area contributed by atoms with Crippen molar-refractivity contribution in [3.05, 3.63) is 60.0 Å². The summed E-state index contributed by atoms with van der Waals surface area (Å²) in [5, 5.41) is 17.1. The minimum Gasteiger partial charge on any atom is -0.493 e. The molecule has 0 fully saturated rings. The maximum atomic E-state index is 8.93. The summed E-state index contributed by atoms with van der Waals surface area (Å²) in [5.74, 6) is 1.27. The van der Waals surface area contributed by atoms with Crippen LogP contribution in [0.15, 0.2) is 48.9 Å². The molecule has 7 heteroatoms. The molecule has 148 valence electrons. The van der Waals surface area contributed by atoms with Crippen LogP contribution in [0.4, 0.5) is 0 Å². The third kappa shape index (κ3) is 4.68. The van der Waals surface area contributed by atoms with Gasteiger partial charge in [-0.25, -0.2) is 0 Å². The van der Waals surface area contributed by atoms with E-state index in [4.69, 9.17) is 14.6 Å². The molecule has 0 saturated carbocycles. The minimum absolute atomic E-state index is 0.0345. The maximum absolute atomic E-state index is 8.93. The number of ether oxygens (including phenoxy) is 2. The quantitative estimate of drug-likeness (QED) is 0.592. The van der Waals surface area contributed by atoms with Crippen LogP contribution in [0.5, 0.6) is 11.5 Å². The maximum Gasteiger partial charge on any atom is 0.161 e. The number of pyridine rings is 1. The van der Waals surface area contributed by atoms with Gasteiger partial charge in [-0.2, -0.15) is 5.10 Å². The Labute approximate surface area is 164 Å². The van der Waals surface area contributed by atoms with Gasteiger partial charge in [0.1, 0.15) is 6.61 Å². The molecule has 0 spiro atoms. The second-order valence-corrected chi connectivity index (χ2v) is 6.50. The van der Waals surface area contributed by atoms with Crippen LogP contribution < -0.4 is 14.8 Å². The van der Waals surface area contributed by atoms with Gasteiger partial charge < -0.3 is 19.9 Å². The topological polar surface area (TPSA) is 81.4 Å². The smallest absolute Gasteiger partial charge is 0.161 e. The molecule has 2 heterocycles. The molecule has 28 heavy (non-hydrogen) atoms. The summed E-state index contributed by atoms with van der Waals surface area (Å²) in [4.78, 5) is 4.19. The van der Waals surface area contributed by atoms with E-state index in [2.05, 4.69) is 22.3 Å². The molecule has 0 aliphatic heterocycles. The normalized spacial score (nSPS) is 12.0. The Morgan fingerprint density at radius 1 is 1.25 bits per heavy atom. The zero-order valence-electron chi connectivity index (χ0n) is 16.4. The van der Waals surface area contributed by atoms with E-state index >= 15 is 0 Å². The van der Waals surface area contributed by atoms with E-state index in [9.17, 15) is 0 Å². The van der Waals surface area contributed by atoms with Gasteiger partial charge in [-0.15, -0.1) is 0 Å². The van der Waals surface area contributed by atoms with Gasteiger partial charge in [-0.3, -0.25) is 9.67 Å². The van der Waals surface area contributed by atoms with Crippen molar-refractivity contribution in [2.75, 3.05) is 20.3 Å². The van der Waals surface area contributed by atoms with Gasteiger partial charge in [0.2, 0.25) is 0 Å². The summed E-state index contributed by atoms with van der Waals surface area (Å²) in [6.07, 6.45) is 5.60. The lowest BCUT2D eigenvalue weighted by molar-refractivity contribution is 0.196. The molecular formula is C21H26N4O3. The fraction of sp³-hybridized carbons (Fsp3) is 0.333. The average molecular weight is 382 g/mol. The van der Waals surface area contributed by atoms with E-state index in [1.807, 2.05) is 54.5 Å². The van der Waals surface area contributed by atoms with Crippen molar-refractivity contribution in [2.24, 2.45) is 7.05 Å². The number of aliphatic hydroxyl groups is 1. The minimum atomic E-state index is -0.0345. The molecule has 0 amide bonds. The molecule has 0 bridgehead atoms. The van der Waals surface area contributed by atoms with Gasteiger partial charge in [-0.05, 0) is 36.8 Å². The summed E-state index contributed by atoms with van der Waals surface area (Å²) in [5.41, 5.74) is 4.12. The molecule has 2 aromatic heterocycles. The predicted molar refractivity (Wildman–Crippen MR) is 107 cm³/mol. The van der Waals surface area contributed by atoms with Crippen molar-refractivity contribution in [3.63, 3.8) is 0 Å².